The average Bonchev–Trinajstić information content (AvgIpc) is 3.31. The summed E-state index contributed by atoms with van der Waals surface area (Å²) in [5.74, 6) is 1.38. The molecule has 1 aliphatic heterocycles. The summed E-state index contributed by atoms with van der Waals surface area (Å²) < 4.78 is 5.87. The van der Waals surface area contributed by atoms with E-state index < -0.39 is 0 Å². The summed E-state index contributed by atoms with van der Waals surface area (Å²) in [6.07, 6.45) is 0.855. The maximum Gasteiger partial charge on any atom is 0.220 e. The molecule has 0 saturated heterocycles. The topological polar surface area (TPSA) is 67.2 Å². The minimum Gasteiger partial charge on any atom is -0.440 e. The van der Waals surface area contributed by atoms with E-state index in [2.05, 4.69) is 33.8 Å². The van der Waals surface area contributed by atoms with Crippen molar-refractivity contribution in [2.24, 2.45) is 0 Å². The van der Waals surface area contributed by atoms with Crippen LogP contribution in [-0.4, -0.2) is 10.9 Å². The second-order valence-corrected chi connectivity index (χ2v) is 6.87. The molecule has 5 nitrogen and oxygen atoms in total. The molecule has 0 unspecified atom stereocenters. The molecule has 0 bridgehead atoms. The predicted octanol–water partition coefficient (Wildman–Crippen LogP) is 4.35. The van der Waals surface area contributed by atoms with Gasteiger partial charge in [-0.05, 0) is 23.6 Å². The van der Waals surface area contributed by atoms with Crippen molar-refractivity contribution in [2.75, 3.05) is 0 Å². The smallest absolute Gasteiger partial charge is 0.220 e. The average molecular weight is 434 g/mol. The van der Waals surface area contributed by atoms with Crippen LogP contribution in [0.3, 0.4) is 0 Å². The van der Waals surface area contributed by atoms with Gasteiger partial charge in [0.15, 0.2) is 11.7 Å². The van der Waals surface area contributed by atoms with Gasteiger partial charge < -0.3 is 15.1 Å². The molecular weight excluding hydrogens is 409 g/mol. The first-order chi connectivity index (χ1) is 13.2. The van der Waals surface area contributed by atoms with Crippen LogP contribution in [0.25, 0.3) is 11.3 Å². The van der Waals surface area contributed by atoms with Crippen LogP contribution in [0.1, 0.15) is 34.7 Å². The van der Waals surface area contributed by atoms with Crippen molar-refractivity contribution in [3.05, 3.63) is 76.8 Å². The quantitative estimate of drug-likeness (QED) is 0.606. The molecule has 4 rings (SSSR count). The van der Waals surface area contributed by atoms with Gasteiger partial charge in [0.05, 0.1) is 5.69 Å². The molecule has 7 heteroatoms. The van der Waals surface area contributed by atoms with E-state index in [0.717, 1.165) is 35.7 Å². The van der Waals surface area contributed by atoms with Crippen molar-refractivity contribution in [1.29, 1.82) is 0 Å². The molecule has 0 radical (unpaired) electrons. The largest absolute Gasteiger partial charge is 0.440 e. The second-order valence-electron chi connectivity index (χ2n) is 6.87. The highest BCUT2D eigenvalue weighted by Gasteiger charge is 2.13. The molecule has 0 atom stereocenters. The molecule has 1 amide bonds. The van der Waals surface area contributed by atoms with Crippen LogP contribution in [0.2, 0.25) is 0 Å². The van der Waals surface area contributed by atoms with Crippen LogP contribution >= 0.6 is 24.8 Å². The number of nitrogens with one attached hydrogen (secondary N) is 2. The first-order valence-corrected chi connectivity index (χ1v) is 9.29. The Hall–Kier alpha value is -2.34. The minimum atomic E-state index is 0. The zero-order chi connectivity index (χ0) is 18.6. The number of carbonyl (C=O) groups excluding carboxylic acids is 1. The first-order valence-electron chi connectivity index (χ1n) is 9.29. The molecular formula is C22H25Cl2N3O2. The predicted molar refractivity (Wildman–Crippen MR) is 118 cm³/mol. The second kappa shape index (κ2) is 10.4. The van der Waals surface area contributed by atoms with Crippen molar-refractivity contribution in [2.45, 2.75) is 39.4 Å². The SMILES string of the molecule is Cc1nc(CCC(=O)NCc2ccc3c(c2)CNC3)oc1-c1ccccc1.Cl.Cl. The van der Waals surface area contributed by atoms with E-state index in [1.165, 1.54) is 11.1 Å². The van der Waals surface area contributed by atoms with Crippen LogP contribution in [0.5, 0.6) is 0 Å². The van der Waals surface area contributed by atoms with Crippen LogP contribution in [0.4, 0.5) is 0 Å². The lowest BCUT2D eigenvalue weighted by atomic mass is 10.1. The number of fused-ring (bicyclic) bond motifs is 1. The molecule has 2 N–H and O–H groups in total. The van der Waals surface area contributed by atoms with E-state index in [1.807, 2.05) is 37.3 Å². The summed E-state index contributed by atoms with van der Waals surface area (Å²) in [5, 5.41) is 6.32. The highest BCUT2D eigenvalue weighted by atomic mass is 35.5. The monoisotopic (exact) mass is 433 g/mol. The van der Waals surface area contributed by atoms with E-state index in [1.54, 1.807) is 0 Å². The van der Waals surface area contributed by atoms with E-state index in [9.17, 15) is 4.79 Å². The summed E-state index contributed by atoms with van der Waals surface area (Å²) >= 11 is 0. The van der Waals surface area contributed by atoms with E-state index >= 15 is 0 Å². The number of hydrogen-bond acceptors (Lipinski definition) is 4. The Morgan fingerprint density at radius 3 is 2.66 bits per heavy atom. The van der Waals surface area contributed by atoms with Crippen LogP contribution in [0, 0.1) is 6.92 Å². The van der Waals surface area contributed by atoms with Gasteiger partial charge in [-0.15, -0.1) is 24.8 Å². The minimum absolute atomic E-state index is 0. The normalized spacial score (nSPS) is 11.9. The van der Waals surface area contributed by atoms with Gasteiger partial charge in [0.25, 0.3) is 0 Å². The van der Waals surface area contributed by atoms with Crippen molar-refractivity contribution in [1.82, 2.24) is 15.6 Å². The van der Waals surface area contributed by atoms with E-state index in [0.29, 0.717) is 25.3 Å². The fourth-order valence-electron chi connectivity index (χ4n) is 3.38. The van der Waals surface area contributed by atoms with Gasteiger partial charge in [0, 0.05) is 38.0 Å². The Morgan fingerprint density at radius 2 is 1.86 bits per heavy atom. The first kappa shape index (κ1) is 22.9. The molecule has 0 spiro atoms. The van der Waals surface area contributed by atoms with Crippen LogP contribution in [0.15, 0.2) is 52.9 Å². The van der Waals surface area contributed by atoms with Crippen molar-refractivity contribution >= 4 is 30.7 Å². The third-order valence-electron chi connectivity index (χ3n) is 4.83. The maximum atomic E-state index is 12.2. The lowest BCUT2D eigenvalue weighted by Crippen LogP contribution is -2.23. The van der Waals surface area contributed by atoms with Gasteiger partial charge in [0.2, 0.25) is 5.91 Å². The van der Waals surface area contributed by atoms with Crippen LogP contribution in [-0.2, 0) is 30.8 Å². The molecule has 29 heavy (non-hydrogen) atoms. The Balaban J connectivity index is 0.00000150. The maximum absolute atomic E-state index is 12.2. The Labute approximate surface area is 183 Å². The number of carbonyl (C=O) groups is 1. The third-order valence-corrected chi connectivity index (χ3v) is 4.83. The lowest BCUT2D eigenvalue weighted by Gasteiger charge is -2.06. The Kier molecular flexibility index (Phi) is 8.26. The number of aryl methyl sites for hydroxylation is 2. The summed E-state index contributed by atoms with van der Waals surface area (Å²) in [6.45, 7) is 4.32. The molecule has 154 valence electrons. The van der Waals surface area contributed by atoms with Gasteiger partial charge in [-0.3, -0.25) is 4.79 Å². The highest BCUT2D eigenvalue weighted by Crippen LogP contribution is 2.24. The molecule has 3 aromatic rings. The molecule has 2 heterocycles. The van der Waals surface area contributed by atoms with Gasteiger partial charge in [-0.1, -0.05) is 48.5 Å². The van der Waals surface area contributed by atoms with E-state index in [4.69, 9.17) is 4.42 Å². The number of halogens is 2. The molecule has 0 saturated carbocycles. The Bertz CT molecular complexity index is 958. The molecule has 0 aliphatic carbocycles. The zero-order valence-electron chi connectivity index (χ0n) is 16.2. The summed E-state index contributed by atoms with van der Waals surface area (Å²) in [4.78, 5) is 16.7. The van der Waals surface area contributed by atoms with Crippen molar-refractivity contribution in [3.8, 4) is 11.3 Å². The number of hydrogen-bond donors (Lipinski definition) is 2. The molecule has 0 fully saturated rings. The fraction of sp³-hybridized carbons (Fsp3) is 0.273. The number of benzene rings is 2. The summed E-state index contributed by atoms with van der Waals surface area (Å²) in [6, 6.07) is 16.3. The molecule has 1 aliphatic rings. The Morgan fingerprint density at radius 1 is 1.10 bits per heavy atom. The van der Waals surface area contributed by atoms with Gasteiger partial charge in [-0.2, -0.15) is 0 Å². The lowest BCUT2D eigenvalue weighted by molar-refractivity contribution is -0.121. The molecule has 1 aromatic heterocycles. The standard InChI is InChI=1S/C22H23N3O2.2ClH/c1-15-22(17-5-3-2-4-6-17)27-21(25-15)10-9-20(26)24-12-16-7-8-18-13-23-14-19(18)11-16;;/h2-8,11,23H,9-10,12-14H2,1H3,(H,24,26);2*1H. The van der Waals surface area contributed by atoms with Gasteiger partial charge in [0.1, 0.15) is 0 Å². The third kappa shape index (κ3) is 5.60. The van der Waals surface area contributed by atoms with Crippen molar-refractivity contribution < 1.29 is 9.21 Å². The van der Waals surface area contributed by atoms with E-state index in [-0.39, 0.29) is 30.7 Å². The zero-order valence-corrected chi connectivity index (χ0v) is 17.9. The van der Waals surface area contributed by atoms with Crippen molar-refractivity contribution in [3.63, 3.8) is 0 Å². The van der Waals surface area contributed by atoms with Crippen LogP contribution < -0.4 is 10.6 Å². The number of rotatable bonds is 6. The number of amides is 1. The number of nitrogens with zero attached hydrogens (tertiary/aromatic N) is 1. The summed E-state index contributed by atoms with van der Waals surface area (Å²) in [7, 11) is 0. The summed E-state index contributed by atoms with van der Waals surface area (Å²) in [5.41, 5.74) is 5.65. The number of aromatic nitrogens is 1. The number of oxazole rings is 1. The molecule has 2 aromatic carbocycles. The van der Waals surface area contributed by atoms with Gasteiger partial charge in [-0.25, -0.2) is 4.98 Å². The fourth-order valence-corrected chi connectivity index (χ4v) is 3.38. The van der Waals surface area contributed by atoms with Gasteiger partial charge >= 0.3 is 0 Å². The highest BCUT2D eigenvalue weighted by molar-refractivity contribution is 5.85.